The maximum atomic E-state index is 9.88. The van der Waals surface area contributed by atoms with E-state index in [0.717, 1.165) is 32.2 Å². The number of aliphatic hydroxyl groups excluding tert-OH is 1. The highest BCUT2D eigenvalue weighted by atomic mass is 16.5. The van der Waals surface area contributed by atoms with Crippen molar-refractivity contribution in [1.82, 2.24) is 4.90 Å². The second-order valence-corrected chi connectivity index (χ2v) is 6.80. The molecule has 2 aliphatic rings. The van der Waals surface area contributed by atoms with Crippen molar-refractivity contribution in [2.45, 2.75) is 58.5 Å². The summed E-state index contributed by atoms with van der Waals surface area (Å²) in [5.74, 6) is 0.841. The number of ether oxygens (including phenoxy) is 1. The number of aliphatic hydroxyl groups is 1. The number of likely N-dealkylation sites (N-methyl/N-ethyl adjacent to an activating group) is 1. The maximum absolute atomic E-state index is 9.88. The summed E-state index contributed by atoms with van der Waals surface area (Å²) in [4.78, 5) is 2.50. The fourth-order valence-corrected chi connectivity index (χ4v) is 3.60. The van der Waals surface area contributed by atoms with Crippen LogP contribution in [0.2, 0.25) is 0 Å². The van der Waals surface area contributed by atoms with Gasteiger partial charge in [-0.1, -0.05) is 26.7 Å². The number of nitrogens with zero attached hydrogens (tertiary/aromatic N) is 1. The van der Waals surface area contributed by atoms with Gasteiger partial charge in [-0.2, -0.15) is 0 Å². The van der Waals surface area contributed by atoms with Crippen LogP contribution in [0, 0.1) is 11.3 Å². The minimum atomic E-state index is 0.154. The van der Waals surface area contributed by atoms with Crippen LogP contribution in [0.3, 0.4) is 0 Å². The summed E-state index contributed by atoms with van der Waals surface area (Å²) in [6.07, 6.45) is 7.78. The van der Waals surface area contributed by atoms with E-state index in [9.17, 15) is 5.11 Å². The van der Waals surface area contributed by atoms with Gasteiger partial charge in [-0.15, -0.1) is 0 Å². The molecule has 0 radical (unpaired) electrons. The van der Waals surface area contributed by atoms with Crippen molar-refractivity contribution in [3.05, 3.63) is 0 Å². The van der Waals surface area contributed by atoms with Crippen LogP contribution in [-0.4, -0.2) is 49.0 Å². The van der Waals surface area contributed by atoms with Crippen LogP contribution >= 0.6 is 0 Å². The second-order valence-electron chi connectivity index (χ2n) is 6.80. The zero-order valence-corrected chi connectivity index (χ0v) is 12.7. The van der Waals surface area contributed by atoms with Crippen molar-refractivity contribution in [3.63, 3.8) is 0 Å². The molecular formula is C16H31NO2. The average Bonchev–Trinajstić information content (AvgIpc) is 2.94. The van der Waals surface area contributed by atoms with E-state index < -0.39 is 0 Å². The SMILES string of the molecule is CCN(CC1CCCO1)CC1(CO)CCC(C)CC1. The lowest BCUT2D eigenvalue weighted by Crippen LogP contribution is -2.44. The number of hydrogen-bond donors (Lipinski definition) is 1. The van der Waals surface area contributed by atoms with Crippen molar-refractivity contribution >= 4 is 0 Å². The van der Waals surface area contributed by atoms with Crippen molar-refractivity contribution in [3.8, 4) is 0 Å². The maximum Gasteiger partial charge on any atom is 0.0702 e. The molecule has 3 nitrogen and oxygen atoms in total. The summed E-state index contributed by atoms with van der Waals surface area (Å²) in [6, 6.07) is 0. The molecule has 19 heavy (non-hydrogen) atoms. The Kier molecular flexibility index (Phi) is 5.67. The first kappa shape index (κ1) is 15.3. The van der Waals surface area contributed by atoms with Crippen molar-refractivity contribution in [2.24, 2.45) is 11.3 Å². The topological polar surface area (TPSA) is 32.7 Å². The van der Waals surface area contributed by atoms with Crippen molar-refractivity contribution < 1.29 is 9.84 Å². The molecule has 1 atom stereocenters. The van der Waals surface area contributed by atoms with Crippen LogP contribution in [-0.2, 0) is 4.74 Å². The molecule has 1 unspecified atom stereocenters. The Bertz CT molecular complexity index is 255. The summed E-state index contributed by atoms with van der Waals surface area (Å²) in [5, 5.41) is 9.88. The van der Waals surface area contributed by atoms with Gasteiger partial charge >= 0.3 is 0 Å². The van der Waals surface area contributed by atoms with E-state index in [2.05, 4.69) is 18.7 Å². The molecule has 1 saturated heterocycles. The van der Waals surface area contributed by atoms with Gasteiger partial charge in [0.25, 0.3) is 0 Å². The van der Waals surface area contributed by atoms with Crippen molar-refractivity contribution in [2.75, 3.05) is 32.8 Å². The molecule has 112 valence electrons. The van der Waals surface area contributed by atoms with Crippen LogP contribution in [0.15, 0.2) is 0 Å². The van der Waals surface area contributed by atoms with E-state index in [4.69, 9.17) is 4.74 Å². The Morgan fingerprint density at radius 2 is 2.00 bits per heavy atom. The normalized spacial score (nSPS) is 36.0. The highest BCUT2D eigenvalue weighted by Crippen LogP contribution is 2.39. The first-order valence-electron chi connectivity index (χ1n) is 8.12. The summed E-state index contributed by atoms with van der Waals surface area (Å²) < 4.78 is 5.75. The van der Waals surface area contributed by atoms with Gasteiger partial charge in [0.2, 0.25) is 0 Å². The fraction of sp³-hybridized carbons (Fsp3) is 1.00. The largest absolute Gasteiger partial charge is 0.396 e. The van der Waals surface area contributed by atoms with Gasteiger partial charge in [0, 0.05) is 31.7 Å². The molecule has 1 N–H and O–H groups in total. The minimum Gasteiger partial charge on any atom is -0.396 e. The van der Waals surface area contributed by atoms with Gasteiger partial charge in [0.1, 0.15) is 0 Å². The van der Waals surface area contributed by atoms with E-state index in [1.54, 1.807) is 0 Å². The highest BCUT2D eigenvalue weighted by molar-refractivity contribution is 4.87. The lowest BCUT2D eigenvalue weighted by molar-refractivity contribution is 0.00982. The van der Waals surface area contributed by atoms with Crippen LogP contribution in [0.5, 0.6) is 0 Å². The molecule has 0 aromatic rings. The molecule has 1 aliphatic heterocycles. The van der Waals surface area contributed by atoms with Gasteiger partial charge < -0.3 is 14.7 Å². The molecule has 0 aromatic carbocycles. The molecule has 0 amide bonds. The molecule has 1 saturated carbocycles. The quantitative estimate of drug-likeness (QED) is 0.804. The van der Waals surface area contributed by atoms with E-state index in [0.29, 0.717) is 12.7 Å². The minimum absolute atomic E-state index is 0.154. The molecule has 1 aliphatic carbocycles. The van der Waals surface area contributed by atoms with Gasteiger partial charge in [-0.05, 0) is 38.1 Å². The Labute approximate surface area is 118 Å². The molecule has 2 fully saturated rings. The van der Waals surface area contributed by atoms with Crippen molar-refractivity contribution in [1.29, 1.82) is 0 Å². The molecule has 0 bridgehead atoms. The molecule has 3 heteroatoms. The zero-order valence-electron chi connectivity index (χ0n) is 12.7. The van der Waals surface area contributed by atoms with Gasteiger partial charge in [-0.25, -0.2) is 0 Å². The van der Waals surface area contributed by atoms with E-state index in [1.807, 2.05) is 0 Å². The number of rotatable bonds is 6. The molecule has 0 aromatic heterocycles. The lowest BCUT2D eigenvalue weighted by Gasteiger charge is -2.41. The average molecular weight is 269 g/mol. The van der Waals surface area contributed by atoms with Gasteiger partial charge in [0.05, 0.1) is 6.10 Å². The molecule has 0 spiro atoms. The first-order valence-corrected chi connectivity index (χ1v) is 8.12. The molecule has 1 heterocycles. The van der Waals surface area contributed by atoms with Crippen LogP contribution in [0.1, 0.15) is 52.4 Å². The van der Waals surface area contributed by atoms with Crippen LogP contribution < -0.4 is 0 Å². The predicted octanol–water partition coefficient (Wildman–Crippen LogP) is 2.68. The van der Waals surface area contributed by atoms with E-state index in [-0.39, 0.29) is 5.41 Å². The third kappa shape index (κ3) is 4.17. The second kappa shape index (κ2) is 7.05. The summed E-state index contributed by atoms with van der Waals surface area (Å²) >= 11 is 0. The highest BCUT2D eigenvalue weighted by Gasteiger charge is 2.35. The summed E-state index contributed by atoms with van der Waals surface area (Å²) in [7, 11) is 0. The van der Waals surface area contributed by atoms with Gasteiger partial charge in [-0.3, -0.25) is 0 Å². The van der Waals surface area contributed by atoms with E-state index >= 15 is 0 Å². The summed E-state index contributed by atoms with van der Waals surface area (Å²) in [6.45, 7) is 9.01. The fourth-order valence-electron chi connectivity index (χ4n) is 3.60. The Morgan fingerprint density at radius 3 is 2.53 bits per heavy atom. The third-order valence-electron chi connectivity index (χ3n) is 5.16. The standard InChI is InChI=1S/C16H31NO2/c1-3-17(11-15-5-4-10-19-15)12-16(13-18)8-6-14(2)7-9-16/h14-15,18H,3-13H2,1-2H3. The Morgan fingerprint density at radius 1 is 1.26 bits per heavy atom. The summed E-state index contributed by atoms with van der Waals surface area (Å²) in [5.41, 5.74) is 0.154. The Balaban J connectivity index is 1.87. The van der Waals surface area contributed by atoms with Crippen LogP contribution in [0.4, 0.5) is 0 Å². The zero-order chi connectivity index (χ0) is 13.7. The van der Waals surface area contributed by atoms with Gasteiger partial charge in [0.15, 0.2) is 0 Å². The van der Waals surface area contributed by atoms with Crippen LogP contribution in [0.25, 0.3) is 0 Å². The smallest absolute Gasteiger partial charge is 0.0702 e. The Hall–Kier alpha value is -0.120. The molecular weight excluding hydrogens is 238 g/mol. The third-order valence-corrected chi connectivity index (χ3v) is 5.16. The lowest BCUT2D eigenvalue weighted by atomic mass is 9.71. The number of hydrogen-bond acceptors (Lipinski definition) is 3. The predicted molar refractivity (Wildman–Crippen MR) is 78.2 cm³/mol. The van der Waals surface area contributed by atoms with E-state index in [1.165, 1.54) is 38.5 Å². The first-order chi connectivity index (χ1) is 9.17. The molecule has 2 rings (SSSR count). The monoisotopic (exact) mass is 269 g/mol.